The van der Waals surface area contributed by atoms with Crippen LogP contribution in [0.2, 0.25) is 0 Å². The molecule has 0 saturated carbocycles. The van der Waals surface area contributed by atoms with E-state index in [0.29, 0.717) is 45.1 Å². The van der Waals surface area contributed by atoms with Gasteiger partial charge in [0.05, 0.1) is 39.5 Å². The number of hydrogen-bond acceptors (Lipinski definition) is 14. The van der Waals surface area contributed by atoms with Gasteiger partial charge < -0.3 is 42.8 Å². The van der Waals surface area contributed by atoms with Crippen LogP contribution in [-0.2, 0) is 61.9 Å². The van der Waals surface area contributed by atoms with Crippen molar-refractivity contribution in [2.45, 2.75) is 219 Å². The molecule has 0 N–H and O–H groups in total. The summed E-state index contributed by atoms with van der Waals surface area (Å²) in [5, 5.41) is 0. The lowest BCUT2D eigenvalue weighted by Crippen LogP contribution is -2.39. The quantitative estimate of drug-likeness (QED) is 0.0322. The van der Waals surface area contributed by atoms with Gasteiger partial charge in [0, 0.05) is 57.3 Å². The first-order chi connectivity index (χ1) is 32.0. The highest BCUT2D eigenvalue weighted by atomic mass is 16.6. The largest absolute Gasteiger partial charge is 0.465 e. The molecular formula is C52H95NO13. The number of carbonyl (C=O) groups excluding carboxylic acids is 5. The van der Waals surface area contributed by atoms with Crippen molar-refractivity contribution in [3.05, 3.63) is 0 Å². The molecule has 0 unspecified atom stereocenters. The van der Waals surface area contributed by atoms with Crippen LogP contribution < -0.4 is 0 Å². The van der Waals surface area contributed by atoms with Crippen LogP contribution in [0.15, 0.2) is 0 Å². The summed E-state index contributed by atoms with van der Waals surface area (Å²) in [6, 6.07) is 0. The first kappa shape index (κ1) is 61.2. The predicted octanol–water partition coefficient (Wildman–Crippen LogP) is 10.3. The summed E-state index contributed by atoms with van der Waals surface area (Å²) < 4.78 is 47.4. The molecule has 14 heteroatoms. The van der Waals surface area contributed by atoms with E-state index in [1.54, 1.807) is 0 Å². The molecule has 0 aromatic rings. The molecule has 0 aliphatic carbocycles. The van der Waals surface area contributed by atoms with Gasteiger partial charge in [-0.05, 0) is 52.6 Å². The molecule has 0 bridgehead atoms. The van der Waals surface area contributed by atoms with Gasteiger partial charge in [0.1, 0.15) is 24.9 Å². The fraction of sp³-hybridized carbons (Fsp3) is 0.904. The fourth-order valence-corrected chi connectivity index (χ4v) is 7.52. The Hall–Kier alpha value is -2.81. The lowest BCUT2D eigenvalue weighted by molar-refractivity contribution is -0.153. The molecule has 1 heterocycles. The van der Waals surface area contributed by atoms with E-state index in [0.717, 1.165) is 128 Å². The summed E-state index contributed by atoms with van der Waals surface area (Å²) in [6.45, 7) is 10.3. The van der Waals surface area contributed by atoms with Crippen LogP contribution in [0, 0.1) is 11.8 Å². The maximum Gasteiger partial charge on any atom is 0.307 e. The Balaban J connectivity index is 3.01. The predicted molar refractivity (Wildman–Crippen MR) is 257 cm³/mol. The van der Waals surface area contributed by atoms with Gasteiger partial charge >= 0.3 is 29.8 Å². The maximum atomic E-state index is 12.7. The third-order valence-electron chi connectivity index (χ3n) is 11.9. The van der Waals surface area contributed by atoms with Crippen molar-refractivity contribution in [3.63, 3.8) is 0 Å². The van der Waals surface area contributed by atoms with Gasteiger partial charge in [-0.3, -0.25) is 24.0 Å². The molecule has 1 fully saturated rings. The van der Waals surface area contributed by atoms with Gasteiger partial charge in [-0.1, -0.05) is 130 Å². The molecule has 14 nitrogen and oxygen atoms in total. The van der Waals surface area contributed by atoms with Crippen molar-refractivity contribution in [1.82, 2.24) is 4.90 Å². The number of nitrogens with zero attached hydrogens (tertiary/aromatic N) is 1. The van der Waals surface area contributed by atoms with Crippen molar-refractivity contribution in [1.29, 1.82) is 0 Å². The average Bonchev–Trinajstić information content (AvgIpc) is 3.69. The molecule has 1 aliphatic heterocycles. The first-order valence-electron chi connectivity index (χ1n) is 26.3. The van der Waals surface area contributed by atoms with Crippen molar-refractivity contribution in [2.24, 2.45) is 11.8 Å². The molecule has 386 valence electrons. The van der Waals surface area contributed by atoms with E-state index in [1.807, 2.05) is 19.0 Å². The van der Waals surface area contributed by atoms with E-state index in [9.17, 15) is 24.0 Å². The number of esters is 5. The van der Waals surface area contributed by atoms with E-state index < -0.39 is 18.3 Å². The molecule has 0 radical (unpaired) electrons. The highest BCUT2D eigenvalue weighted by Gasteiger charge is 2.40. The Kier molecular flexibility index (Phi) is 39.2. The van der Waals surface area contributed by atoms with Crippen molar-refractivity contribution < 1.29 is 61.9 Å². The van der Waals surface area contributed by atoms with Gasteiger partial charge in [0.25, 0.3) is 0 Å². The minimum absolute atomic E-state index is 0.0165. The number of hydrogen-bond donors (Lipinski definition) is 0. The second-order valence-corrected chi connectivity index (χ2v) is 18.6. The Labute approximate surface area is 400 Å². The van der Waals surface area contributed by atoms with Gasteiger partial charge in [-0.25, -0.2) is 0 Å². The van der Waals surface area contributed by atoms with Crippen molar-refractivity contribution in [2.75, 3.05) is 73.5 Å². The minimum Gasteiger partial charge on any atom is -0.465 e. The summed E-state index contributed by atoms with van der Waals surface area (Å²) in [7, 11) is 3.78. The molecular weight excluding hydrogens is 847 g/mol. The number of ether oxygens (including phenoxy) is 8. The van der Waals surface area contributed by atoms with Crippen molar-refractivity contribution in [3.8, 4) is 0 Å². The topological polar surface area (TPSA) is 162 Å². The summed E-state index contributed by atoms with van der Waals surface area (Å²) in [5.41, 5.74) is 0. The maximum absolute atomic E-state index is 12.7. The summed E-state index contributed by atoms with van der Waals surface area (Å²) in [6.07, 6.45) is 21.4. The van der Waals surface area contributed by atoms with Crippen LogP contribution >= 0.6 is 0 Å². The molecule has 0 spiro atoms. The zero-order chi connectivity index (χ0) is 48.5. The summed E-state index contributed by atoms with van der Waals surface area (Å²) in [5.74, 6) is -1.94. The zero-order valence-electron chi connectivity index (χ0n) is 42.6. The van der Waals surface area contributed by atoms with Crippen LogP contribution in [-0.4, -0.2) is 127 Å². The molecule has 66 heavy (non-hydrogen) atoms. The summed E-state index contributed by atoms with van der Waals surface area (Å²) >= 11 is 0. The molecule has 3 atom stereocenters. The standard InChI is InChI=1S/C52H95NO13/c1-7-11-15-19-23-27-47(54)62-37-43(38-63-48(55)28-24-20-16-12-8-2)32-35-59-45-41-61-46(42-66-51(58)31-34-53(5)6)52(45)60-36-33-44(39-64-49(56)29-25-21-17-13-9-3)40-65-50(57)30-26-22-18-14-10-4/h43-46,52H,7-42H2,1-6H3/t45-,46+,52+/m0/s1. The number of unbranched alkanes of at least 4 members (excludes halogenated alkanes) is 16. The van der Waals surface area contributed by atoms with Crippen LogP contribution in [0.25, 0.3) is 0 Å². The van der Waals surface area contributed by atoms with Gasteiger partial charge in [-0.15, -0.1) is 0 Å². The molecule has 0 aromatic heterocycles. The highest BCUT2D eigenvalue weighted by molar-refractivity contribution is 5.70. The van der Waals surface area contributed by atoms with E-state index in [1.165, 1.54) is 0 Å². The fourth-order valence-electron chi connectivity index (χ4n) is 7.52. The van der Waals surface area contributed by atoms with Crippen LogP contribution in [0.1, 0.15) is 201 Å². The molecule has 1 saturated heterocycles. The Bertz CT molecular complexity index is 1170. The normalized spacial score (nSPS) is 16.0. The average molecular weight is 942 g/mol. The van der Waals surface area contributed by atoms with Crippen LogP contribution in [0.4, 0.5) is 0 Å². The van der Waals surface area contributed by atoms with E-state index in [2.05, 4.69) is 27.7 Å². The lowest BCUT2D eigenvalue weighted by atomic mass is 10.1. The van der Waals surface area contributed by atoms with Gasteiger partial charge in [-0.2, -0.15) is 0 Å². The Morgan fingerprint density at radius 3 is 1.18 bits per heavy atom. The van der Waals surface area contributed by atoms with E-state index >= 15 is 0 Å². The SMILES string of the molecule is CCCCCCCC(=O)OCC(CCO[C@@H]1[C@@H](OCCC(COC(=O)CCCCCCC)COC(=O)CCCCCCC)CO[C@@H]1COC(=O)CCN(C)C)COC(=O)CCCCCCC. The van der Waals surface area contributed by atoms with Gasteiger partial charge in [0.15, 0.2) is 0 Å². The zero-order valence-corrected chi connectivity index (χ0v) is 42.6. The molecule has 1 rings (SSSR count). The second kappa shape index (κ2) is 42.3. The Morgan fingerprint density at radius 2 is 0.818 bits per heavy atom. The smallest absolute Gasteiger partial charge is 0.307 e. The third kappa shape index (κ3) is 34.5. The molecule has 0 amide bonds. The van der Waals surface area contributed by atoms with E-state index in [4.69, 9.17) is 37.9 Å². The van der Waals surface area contributed by atoms with Crippen LogP contribution in [0.5, 0.6) is 0 Å². The molecule has 1 aliphatic rings. The number of carbonyl (C=O) groups is 5. The monoisotopic (exact) mass is 942 g/mol. The molecule has 0 aromatic carbocycles. The lowest BCUT2D eigenvalue weighted by Gasteiger charge is -2.25. The second-order valence-electron chi connectivity index (χ2n) is 18.6. The highest BCUT2D eigenvalue weighted by Crippen LogP contribution is 2.24. The Morgan fingerprint density at radius 1 is 0.470 bits per heavy atom. The first-order valence-corrected chi connectivity index (χ1v) is 26.3. The summed E-state index contributed by atoms with van der Waals surface area (Å²) in [4.78, 5) is 65.2. The van der Waals surface area contributed by atoms with Crippen molar-refractivity contribution >= 4 is 29.8 Å². The van der Waals surface area contributed by atoms with Crippen LogP contribution in [0.3, 0.4) is 0 Å². The van der Waals surface area contributed by atoms with E-state index in [-0.39, 0.29) is 101 Å². The number of rotatable bonds is 45. The minimum atomic E-state index is -0.599. The third-order valence-corrected chi connectivity index (χ3v) is 11.9. The van der Waals surface area contributed by atoms with Gasteiger partial charge in [0.2, 0.25) is 0 Å².